The molecule has 1 aromatic carbocycles. The lowest BCUT2D eigenvalue weighted by atomic mass is 10.1. The minimum atomic E-state index is -0.250. The molecule has 9 heteroatoms. The zero-order valence-corrected chi connectivity index (χ0v) is 18.1. The van der Waals surface area contributed by atoms with Crippen LogP contribution in [0.2, 0.25) is 0 Å². The molecule has 1 atom stereocenters. The van der Waals surface area contributed by atoms with E-state index in [0.29, 0.717) is 35.0 Å². The number of anilines is 2. The number of nitrogens with zero attached hydrogens (tertiary/aromatic N) is 5. The average Bonchev–Trinajstić information content (AvgIpc) is 3.45. The molecule has 166 valence electrons. The first kappa shape index (κ1) is 20.6. The second kappa shape index (κ2) is 8.34. The average molecular weight is 441 g/mol. The summed E-state index contributed by atoms with van der Waals surface area (Å²) in [5.74, 6) is 1.39. The lowest BCUT2D eigenvalue weighted by molar-refractivity contribution is -0.129. The smallest absolute Gasteiger partial charge is 0.256 e. The van der Waals surface area contributed by atoms with Gasteiger partial charge in [0.15, 0.2) is 0 Å². The Labute approximate surface area is 190 Å². The van der Waals surface area contributed by atoms with E-state index in [4.69, 9.17) is 10.7 Å². The van der Waals surface area contributed by atoms with Crippen molar-refractivity contribution in [1.82, 2.24) is 24.3 Å². The molecule has 1 fully saturated rings. The summed E-state index contributed by atoms with van der Waals surface area (Å²) >= 11 is 0. The second-order valence-electron chi connectivity index (χ2n) is 7.97. The Bertz CT molecular complexity index is 1330. The number of pyridine rings is 1. The van der Waals surface area contributed by atoms with Crippen molar-refractivity contribution in [3.8, 4) is 11.3 Å². The van der Waals surface area contributed by atoms with Crippen LogP contribution in [0.15, 0.2) is 61.1 Å². The molecule has 0 radical (unpaired) electrons. The minimum Gasteiger partial charge on any atom is -0.382 e. The Balaban J connectivity index is 1.51. The maximum Gasteiger partial charge on any atom is 0.256 e. The number of carbonyl (C=O) groups is 2. The number of nitrogens with two attached hydrogens (primary N) is 1. The quantitative estimate of drug-likeness (QED) is 0.502. The molecule has 33 heavy (non-hydrogen) atoms. The SMILES string of the molecule is CC(=O)N1CCCC1c1nc(-c2ccc(C(=O)Nc3ccccn3)cc2)c2c(N)nccn12. The standard InChI is InChI=1S/C24H23N7O2/c1-15(32)30-13-4-5-18(30)23-29-20(21-22(25)27-12-14-31(21)23)16-7-9-17(10-8-16)24(33)28-19-6-2-3-11-26-19/h2-3,6-12,14,18H,4-5,13H2,1H3,(H2,25,27)(H,26,28,33). The van der Waals surface area contributed by atoms with Crippen LogP contribution in [0, 0.1) is 0 Å². The predicted molar refractivity (Wildman–Crippen MR) is 124 cm³/mol. The number of aromatic nitrogens is 4. The number of nitrogen functional groups attached to an aromatic ring is 1. The molecule has 1 unspecified atom stereocenters. The molecule has 1 saturated heterocycles. The van der Waals surface area contributed by atoms with Crippen molar-refractivity contribution in [2.45, 2.75) is 25.8 Å². The normalized spacial score (nSPS) is 15.7. The Kier molecular flexibility index (Phi) is 5.21. The Morgan fingerprint density at radius 3 is 2.64 bits per heavy atom. The lowest BCUT2D eigenvalue weighted by Gasteiger charge is -2.22. The van der Waals surface area contributed by atoms with Crippen LogP contribution in [-0.4, -0.2) is 42.6 Å². The summed E-state index contributed by atoms with van der Waals surface area (Å²) in [6.07, 6.45) is 6.84. The maximum atomic E-state index is 12.6. The van der Waals surface area contributed by atoms with Gasteiger partial charge in [0.25, 0.3) is 5.91 Å². The first-order valence-electron chi connectivity index (χ1n) is 10.8. The molecule has 0 bridgehead atoms. The van der Waals surface area contributed by atoms with Gasteiger partial charge in [-0.05, 0) is 37.1 Å². The van der Waals surface area contributed by atoms with Crippen LogP contribution in [0.5, 0.6) is 0 Å². The predicted octanol–water partition coefficient (Wildman–Crippen LogP) is 3.31. The van der Waals surface area contributed by atoms with Crippen LogP contribution in [0.25, 0.3) is 16.8 Å². The highest BCUT2D eigenvalue weighted by molar-refractivity contribution is 6.04. The van der Waals surface area contributed by atoms with Crippen LogP contribution >= 0.6 is 0 Å². The third-order valence-corrected chi connectivity index (χ3v) is 5.89. The van der Waals surface area contributed by atoms with Gasteiger partial charge in [0.1, 0.15) is 28.7 Å². The lowest BCUT2D eigenvalue weighted by Crippen LogP contribution is -2.29. The summed E-state index contributed by atoms with van der Waals surface area (Å²) in [4.78, 5) is 39.8. The number of fused-ring (bicyclic) bond motifs is 1. The maximum absolute atomic E-state index is 12.6. The van der Waals surface area contributed by atoms with Gasteiger partial charge >= 0.3 is 0 Å². The van der Waals surface area contributed by atoms with E-state index >= 15 is 0 Å². The van der Waals surface area contributed by atoms with Gasteiger partial charge in [-0.3, -0.25) is 14.0 Å². The van der Waals surface area contributed by atoms with Crippen LogP contribution in [0.4, 0.5) is 11.6 Å². The fourth-order valence-electron chi connectivity index (χ4n) is 4.34. The zero-order valence-electron chi connectivity index (χ0n) is 18.1. The van der Waals surface area contributed by atoms with Crippen LogP contribution in [0.1, 0.15) is 42.0 Å². The molecular formula is C24H23N7O2. The molecule has 5 rings (SSSR count). The van der Waals surface area contributed by atoms with Gasteiger partial charge in [0, 0.05) is 43.2 Å². The number of amides is 2. The summed E-state index contributed by atoms with van der Waals surface area (Å²) < 4.78 is 1.92. The summed E-state index contributed by atoms with van der Waals surface area (Å²) in [5, 5.41) is 2.78. The van der Waals surface area contributed by atoms with Crippen molar-refractivity contribution in [2.75, 3.05) is 17.6 Å². The van der Waals surface area contributed by atoms with Gasteiger partial charge in [0.2, 0.25) is 5.91 Å². The van der Waals surface area contributed by atoms with E-state index in [0.717, 1.165) is 24.2 Å². The van der Waals surface area contributed by atoms with Gasteiger partial charge in [-0.1, -0.05) is 18.2 Å². The number of rotatable bonds is 4. The molecule has 3 aromatic heterocycles. The second-order valence-corrected chi connectivity index (χ2v) is 7.97. The number of benzene rings is 1. The van der Waals surface area contributed by atoms with E-state index < -0.39 is 0 Å². The van der Waals surface area contributed by atoms with Crippen LogP contribution < -0.4 is 11.1 Å². The van der Waals surface area contributed by atoms with Gasteiger partial charge < -0.3 is 16.0 Å². The first-order valence-corrected chi connectivity index (χ1v) is 10.8. The Morgan fingerprint density at radius 2 is 1.91 bits per heavy atom. The van der Waals surface area contributed by atoms with Crippen LogP contribution in [-0.2, 0) is 4.79 Å². The number of imidazole rings is 1. The van der Waals surface area contributed by atoms with E-state index in [2.05, 4.69) is 15.3 Å². The molecule has 0 aliphatic carbocycles. The number of hydrogen-bond donors (Lipinski definition) is 2. The highest BCUT2D eigenvalue weighted by Gasteiger charge is 2.32. The summed E-state index contributed by atoms with van der Waals surface area (Å²) in [6, 6.07) is 12.4. The molecule has 4 aromatic rings. The van der Waals surface area contributed by atoms with Crippen LogP contribution in [0.3, 0.4) is 0 Å². The monoisotopic (exact) mass is 441 g/mol. The molecule has 0 saturated carbocycles. The molecule has 3 N–H and O–H groups in total. The van der Waals surface area contributed by atoms with Crippen molar-refractivity contribution in [3.05, 3.63) is 72.4 Å². The summed E-state index contributed by atoms with van der Waals surface area (Å²) in [6.45, 7) is 2.30. The molecule has 0 spiro atoms. The minimum absolute atomic E-state index is 0.0288. The molecule has 1 aliphatic rings. The number of carbonyl (C=O) groups excluding carboxylic acids is 2. The highest BCUT2D eigenvalue weighted by atomic mass is 16.2. The Morgan fingerprint density at radius 1 is 1.09 bits per heavy atom. The third kappa shape index (κ3) is 3.78. The van der Waals surface area contributed by atoms with E-state index in [1.54, 1.807) is 43.6 Å². The molecule has 4 heterocycles. The zero-order chi connectivity index (χ0) is 22.9. The van der Waals surface area contributed by atoms with Crippen molar-refractivity contribution < 1.29 is 9.59 Å². The van der Waals surface area contributed by atoms with E-state index in [-0.39, 0.29) is 17.9 Å². The van der Waals surface area contributed by atoms with Crippen molar-refractivity contribution in [3.63, 3.8) is 0 Å². The van der Waals surface area contributed by atoms with E-state index in [1.165, 1.54) is 0 Å². The fourth-order valence-corrected chi connectivity index (χ4v) is 4.34. The summed E-state index contributed by atoms with van der Waals surface area (Å²) in [5.41, 5.74) is 8.90. The van der Waals surface area contributed by atoms with Crippen molar-refractivity contribution >= 4 is 29.0 Å². The first-order chi connectivity index (χ1) is 16.0. The topological polar surface area (TPSA) is 119 Å². The van der Waals surface area contributed by atoms with E-state index in [1.807, 2.05) is 33.7 Å². The van der Waals surface area contributed by atoms with Gasteiger partial charge in [-0.2, -0.15) is 0 Å². The summed E-state index contributed by atoms with van der Waals surface area (Å²) in [7, 11) is 0. The van der Waals surface area contributed by atoms with Gasteiger partial charge in [-0.25, -0.2) is 15.0 Å². The molecule has 2 amide bonds. The number of hydrogen-bond acceptors (Lipinski definition) is 6. The largest absolute Gasteiger partial charge is 0.382 e. The molecular weight excluding hydrogens is 418 g/mol. The third-order valence-electron chi connectivity index (χ3n) is 5.89. The van der Waals surface area contributed by atoms with E-state index in [9.17, 15) is 9.59 Å². The van der Waals surface area contributed by atoms with Crippen molar-refractivity contribution in [2.24, 2.45) is 0 Å². The van der Waals surface area contributed by atoms with Gasteiger partial charge in [-0.15, -0.1) is 0 Å². The van der Waals surface area contributed by atoms with Gasteiger partial charge in [0.05, 0.1) is 6.04 Å². The number of nitrogens with one attached hydrogen (secondary N) is 1. The molecule has 1 aliphatic heterocycles. The highest BCUT2D eigenvalue weighted by Crippen LogP contribution is 2.36. The Hall–Kier alpha value is -4.27. The molecule has 9 nitrogen and oxygen atoms in total. The fraction of sp³-hybridized carbons (Fsp3) is 0.208. The number of likely N-dealkylation sites (tertiary alicyclic amines) is 1. The van der Waals surface area contributed by atoms with Crippen molar-refractivity contribution in [1.29, 1.82) is 0 Å².